The predicted molar refractivity (Wildman–Crippen MR) is 165 cm³/mol. The molecular weight excluding hydrogens is 706 g/mol. The molecule has 0 saturated heterocycles. The smallest absolute Gasteiger partial charge is 0.262 e. The molecule has 4 aromatic rings. The van der Waals surface area contributed by atoms with E-state index in [1.54, 1.807) is 32.4 Å². The van der Waals surface area contributed by atoms with Crippen molar-refractivity contribution in [1.82, 2.24) is 5.32 Å². The number of methoxy groups -OCH3 is 2. The number of hydrogen-bond acceptors (Lipinski definition) is 5. The Kier molecular flexibility index (Phi) is 9.47. The molecule has 0 aliphatic carbocycles. The lowest BCUT2D eigenvalue weighted by Gasteiger charge is -2.13. The number of carbonyl (C=O) groups is 1. The van der Waals surface area contributed by atoms with Crippen LogP contribution >= 0.6 is 45.2 Å². The third-order valence-electron chi connectivity index (χ3n) is 5.88. The third-order valence-corrected chi connectivity index (χ3v) is 7.48. The number of fused-ring (bicyclic) bond motifs is 1. The first kappa shape index (κ1) is 27.7. The number of amides is 1. The summed E-state index contributed by atoms with van der Waals surface area (Å²) in [6.07, 6.45) is 1.58. The van der Waals surface area contributed by atoms with Crippen molar-refractivity contribution in [3.63, 3.8) is 0 Å². The minimum atomic E-state index is -0.466. The highest BCUT2D eigenvalue weighted by molar-refractivity contribution is 14.1. The molecule has 0 aromatic heterocycles. The number of nitrogens with one attached hydrogen (secondary N) is 1. The van der Waals surface area contributed by atoms with Crippen LogP contribution in [-0.2, 0) is 17.9 Å². The molecule has 1 amide bonds. The highest BCUT2D eigenvalue weighted by atomic mass is 127. The fourth-order valence-electron chi connectivity index (χ4n) is 3.95. The summed E-state index contributed by atoms with van der Waals surface area (Å²) in [5, 5.41) is 14.8. The summed E-state index contributed by atoms with van der Waals surface area (Å²) in [7, 11) is 3.13. The van der Waals surface area contributed by atoms with Crippen molar-refractivity contribution >= 4 is 67.9 Å². The normalized spacial score (nSPS) is 11.1. The Morgan fingerprint density at radius 1 is 0.947 bits per heavy atom. The van der Waals surface area contributed by atoms with Gasteiger partial charge in [-0.05, 0) is 97.4 Å². The van der Waals surface area contributed by atoms with E-state index in [0.29, 0.717) is 18.1 Å². The second kappa shape index (κ2) is 13.0. The van der Waals surface area contributed by atoms with Crippen LogP contribution in [0.1, 0.15) is 16.7 Å². The van der Waals surface area contributed by atoms with E-state index in [-0.39, 0.29) is 12.1 Å². The molecule has 192 valence electrons. The SMILES string of the molecule is COc1ccc(CNC(=O)/C(C#N)=C/c2cc(I)c(OCc3cccc4ccccc34)c(I)c2)c(OC)c1. The van der Waals surface area contributed by atoms with Crippen LogP contribution in [0.5, 0.6) is 17.2 Å². The first-order chi connectivity index (χ1) is 18.4. The molecule has 4 rings (SSSR count). The minimum absolute atomic E-state index is 0.00787. The summed E-state index contributed by atoms with van der Waals surface area (Å²) >= 11 is 4.44. The fourth-order valence-corrected chi connectivity index (χ4v) is 6.08. The van der Waals surface area contributed by atoms with E-state index in [1.165, 1.54) is 5.39 Å². The van der Waals surface area contributed by atoms with Crippen LogP contribution in [0.4, 0.5) is 0 Å². The molecule has 1 N–H and O–H groups in total. The number of ether oxygens (including phenoxy) is 3. The Labute approximate surface area is 248 Å². The molecule has 0 aliphatic rings. The number of hydrogen-bond donors (Lipinski definition) is 1. The van der Waals surface area contributed by atoms with Gasteiger partial charge in [-0.1, -0.05) is 42.5 Å². The Morgan fingerprint density at radius 3 is 2.39 bits per heavy atom. The molecule has 0 heterocycles. The predicted octanol–water partition coefficient (Wildman–Crippen LogP) is 6.87. The summed E-state index contributed by atoms with van der Waals surface area (Å²) in [5.74, 6) is 1.55. The summed E-state index contributed by atoms with van der Waals surface area (Å²) in [6, 6.07) is 25.6. The average molecular weight is 730 g/mol. The summed E-state index contributed by atoms with van der Waals surface area (Å²) in [5.41, 5.74) is 2.63. The third kappa shape index (κ3) is 6.57. The van der Waals surface area contributed by atoms with Gasteiger partial charge in [0, 0.05) is 18.2 Å². The van der Waals surface area contributed by atoms with Crippen LogP contribution in [0.3, 0.4) is 0 Å². The maximum absolute atomic E-state index is 12.8. The Bertz CT molecular complexity index is 1530. The standard InChI is InChI=1S/C30H24I2N2O4/c1-36-24-11-10-21(28(15-24)37-2)17-34-30(35)23(16-33)12-19-13-26(31)29(27(32)14-19)38-18-22-8-5-7-20-6-3-4-9-25(20)22/h3-15H,17-18H2,1-2H3,(H,34,35)/b23-12+. The van der Waals surface area contributed by atoms with Gasteiger partial charge in [0.2, 0.25) is 0 Å². The molecular formula is C30H24I2N2O4. The summed E-state index contributed by atoms with van der Waals surface area (Å²) in [4.78, 5) is 12.8. The largest absolute Gasteiger partial charge is 0.497 e. The molecule has 8 heteroatoms. The minimum Gasteiger partial charge on any atom is -0.497 e. The van der Waals surface area contributed by atoms with Gasteiger partial charge < -0.3 is 19.5 Å². The molecule has 0 fully saturated rings. The van der Waals surface area contributed by atoms with Crippen LogP contribution in [0.2, 0.25) is 0 Å². The van der Waals surface area contributed by atoms with Crippen molar-refractivity contribution in [3.8, 4) is 23.3 Å². The fraction of sp³-hybridized carbons (Fsp3) is 0.133. The average Bonchev–Trinajstić information content (AvgIpc) is 2.94. The lowest BCUT2D eigenvalue weighted by molar-refractivity contribution is -0.117. The molecule has 0 unspecified atom stereocenters. The molecule has 0 aliphatic heterocycles. The van der Waals surface area contributed by atoms with E-state index >= 15 is 0 Å². The van der Waals surface area contributed by atoms with Gasteiger partial charge in [0.05, 0.1) is 21.4 Å². The second-order valence-electron chi connectivity index (χ2n) is 8.27. The van der Waals surface area contributed by atoms with Gasteiger partial charge >= 0.3 is 0 Å². The van der Waals surface area contributed by atoms with Crippen molar-refractivity contribution < 1.29 is 19.0 Å². The molecule has 0 spiro atoms. The number of benzene rings is 4. The van der Waals surface area contributed by atoms with E-state index < -0.39 is 5.91 Å². The van der Waals surface area contributed by atoms with Crippen molar-refractivity contribution in [3.05, 3.63) is 102 Å². The van der Waals surface area contributed by atoms with Crippen LogP contribution < -0.4 is 19.5 Å². The van der Waals surface area contributed by atoms with E-state index in [4.69, 9.17) is 14.2 Å². The topological polar surface area (TPSA) is 80.6 Å². The number of nitriles is 1. The van der Waals surface area contributed by atoms with Gasteiger partial charge in [-0.2, -0.15) is 5.26 Å². The maximum atomic E-state index is 12.8. The molecule has 38 heavy (non-hydrogen) atoms. The van der Waals surface area contributed by atoms with Crippen molar-refractivity contribution in [1.29, 1.82) is 5.26 Å². The van der Waals surface area contributed by atoms with Crippen LogP contribution in [0.15, 0.2) is 78.4 Å². The van der Waals surface area contributed by atoms with Gasteiger partial charge in [-0.3, -0.25) is 4.79 Å². The van der Waals surface area contributed by atoms with E-state index in [1.807, 2.05) is 42.5 Å². The molecule has 0 saturated carbocycles. The number of carbonyl (C=O) groups excluding carboxylic acids is 1. The van der Waals surface area contributed by atoms with Crippen LogP contribution in [-0.4, -0.2) is 20.1 Å². The Morgan fingerprint density at radius 2 is 1.68 bits per heavy atom. The number of nitrogens with zero attached hydrogens (tertiary/aromatic N) is 1. The molecule has 4 aromatic carbocycles. The van der Waals surface area contributed by atoms with E-state index in [2.05, 4.69) is 74.8 Å². The van der Waals surface area contributed by atoms with Crippen LogP contribution in [0, 0.1) is 18.5 Å². The first-order valence-electron chi connectivity index (χ1n) is 11.6. The van der Waals surface area contributed by atoms with Crippen LogP contribution in [0.25, 0.3) is 16.8 Å². The summed E-state index contributed by atoms with van der Waals surface area (Å²) < 4.78 is 18.6. The molecule has 0 bridgehead atoms. The maximum Gasteiger partial charge on any atom is 0.262 e. The quantitative estimate of drug-likeness (QED) is 0.116. The zero-order valence-corrected chi connectivity index (χ0v) is 25.1. The van der Waals surface area contributed by atoms with Gasteiger partial charge in [-0.25, -0.2) is 0 Å². The summed E-state index contributed by atoms with van der Waals surface area (Å²) in [6.45, 7) is 0.643. The van der Waals surface area contributed by atoms with Crippen molar-refractivity contribution in [2.75, 3.05) is 14.2 Å². The zero-order valence-electron chi connectivity index (χ0n) is 20.8. The van der Waals surface area contributed by atoms with Gasteiger partial charge in [-0.15, -0.1) is 0 Å². The van der Waals surface area contributed by atoms with Gasteiger partial charge in [0.25, 0.3) is 5.91 Å². The number of rotatable bonds is 9. The van der Waals surface area contributed by atoms with E-state index in [9.17, 15) is 10.1 Å². The highest BCUT2D eigenvalue weighted by Gasteiger charge is 2.14. The lowest BCUT2D eigenvalue weighted by atomic mass is 10.1. The second-order valence-corrected chi connectivity index (χ2v) is 10.6. The number of halogens is 2. The van der Waals surface area contributed by atoms with Crippen molar-refractivity contribution in [2.45, 2.75) is 13.2 Å². The highest BCUT2D eigenvalue weighted by Crippen LogP contribution is 2.31. The molecule has 6 nitrogen and oxygen atoms in total. The monoisotopic (exact) mass is 730 g/mol. The lowest BCUT2D eigenvalue weighted by Crippen LogP contribution is -2.24. The Balaban J connectivity index is 1.48. The molecule has 0 radical (unpaired) electrons. The van der Waals surface area contributed by atoms with Crippen molar-refractivity contribution in [2.24, 2.45) is 0 Å². The zero-order chi connectivity index (χ0) is 27.1. The molecule has 0 atom stereocenters. The van der Waals surface area contributed by atoms with E-state index in [0.717, 1.165) is 35.0 Å². The van der Waals surface area contributed by atoms with Gasteiger partial charge in [0.1, 0.15) is 35.5 Å². The van der Waals surface area contributed by atoms with Gasteiger partial charge in [0.15, 0.2) is 0 Å². The first-order valence-corrected chi connectivity index (χ1v) is 13.8. The Hall–Kier alpha value is -3.30.